The van der Waals surface area contributed by atoms with Crippen molar-refractivity contribution in [1.29, 1.82) is 0 Å². The molecule has 0 aliphatic rings. The monoisotopic (exact) mass is 256 g/mol. The molecule has 5 heteroatoms. The predicted molar refractivity (Wildman–Crippen MR) is 75.1 cm³/mol. The van der Waals surface area contributed by atoms with Crippen molar-refractivity contribution >= 4 is 18.2 Å². The summed E-state index contributed by atoms with van der Waals surface area (Å²) >= 11 is 5.29. The predicted octanol–water partition coefficient (Wildman–Crippen LogP) is 3.39. The van der Waals surface area contributed by atoms with Crippen LogP contribution in [-0.4, -0.2) is 27.4 Å². The topological polar surface area (TPSA) is 36.9 Å². The molecule has 0 amide bonds. The number of H-pyrrole nitrogens is 1. The highest BCUT2D eigenvalue weighted by Crippen LogP contribution is 2.20. The van der Waals surface area contributed by atoms with Crippen LogP contribution in [0.25, 0.3) is 0 Å². The number of aromatic nitrogens is 3. The van der Waals surface area contributed by atoms with E-state index in [0.717, 1.165) is 12.5 Å². The zero-order valence-corrected chi connectivity index (χ0v) is 12.5. The van der Waals surface area contributed by atoms with E-state index >= 15 is 0 Å². The molecule has 0 saturated carbocycles. The molecular formula is C12H24N4S. The van der Waals surface area contributed by atoms with Crippen LogP contribution < -0.4 is 4.90 Å². The van der Waals surface area contributed by atoms with Gasteiger partial charge in [-0.05, 0) is 45.8 Å². The third kappa shape index (κ3) is 3.31. The fourth-order valence-corrected chi connectivity index (χ4v) is 2.22. The summed E-state index contributed by atoms with van der Waals surface area (Å²) in [6, 6.07) is 0.741. The second-order valence-electron chi connectivity index (χ2n) is 5.43. The van der Waals surface area contributed by atoms with Gasteiger partial charge in [-0.1, -0.05) is 13.8 Å². The van der Waals surface area contributed by atoms with Gasteiger partial charge in [0.05, 0.1) is 0 Å². The first-order valence-electron chi connectivity index (χ1n) is 6.28. The van der Waals surface area contributed by atoms with E-state index < -0.39 is 0 Å². The highest BCUT2D eigenvalue weighted by Gasteiger charge is 2.19. The fraction of sp³-hybridized carbons (Fsp3) is 0.833. The Labute approximate surface area is 109 Å². The first-order chi connectivity index (χ1) is 7.84. The molecule has 0 atom stereocenters. The van der Waals surface area contributed by atoms with Gasteiger partial charge in [-0.25, -0.2) is 5.10 Å². The van der Waals surface area contributed by atoms with Crippen molar-refractivity contribution in [2.75, 3.05) is 11.4 Å². The molecule has 1 aromatic heterocycles. The summed E-state index contributed by atoms with van der Waals surface area (Å²) in [5.41, 5.74) is 0. The van der Waals surface area contributed by atoms with Crippen molar-refractivity contribution in [3.63, 3.8) is 0 Å². The summed E-state index contributed by atoms with van der Waals surface area (Å²) < 4.78 is 2.78. The summed E-state index contributed by atoms with van der Waals surface area (Å²) in [4.78, 5) is 2.30. The number of hydrogen-bond donors (Lipinski definition) is 1. The molecule has 1 N–H and O–H groups in total. The van der Waals surface area contributed by atoms with E-state index in [2.05, 4.69) is 61.2 Å². The summed E-state index contributed by atoms with van der Waals surface area (Å²) in [6.45, 7) is 14.1. The lowest BCUT2D eigenvalue weighted by Crippen LogP contribution is -2.36. The third-order valence-electron chi connectivity index (χ3n) is 2.64. The number of hydrogen-bond acceptors (Lipinski definition) is 3. The Morgan fingerprint density at radius 3 is 2.24 bits per heavy atom. The summed E-state index contributed by atoms with van der Waals surface area (Å²) in [6.07, 6.45) is 0. The second kappa shape index (κ2) is 5.67. The maximum absolute atomic E-state index is 5.29. The Balaban J connectivity index is 3.14. The number of aromatic amines is 1. The van der Waals surface area contributed by atoms with Crippen LogP contribution in [0.1, 0.15) is 47.6 Å². The first-order valence-corrected chi connectivity index (χ1v) is 6.69. The first kappa shape index (κ1) is 14.2. The van der Waals surface area contributed by atoms with Gasteiger partial charge in [0.2, 0.25) is 5.95 Å². The smallest absolute Gasteiger partial charge is 0.226 e. The molecule has 0 saturated heterocycles. The van der Waals surface area contributed by atoms with Crippen LogP contribution in [0.2, 0.25) is 0 Å². The van der Waals surface area contributed by atoms with Gasteiger partial charge in [0.15, 0.2) is 4.77 Å². The van der Waals surface area contributed by atoms with Gasteiger partial charge in [0.1, 0.15) is 0 Å². The molecule has 0 aromatic carbocycles. The molecule has 0 radical (unpaired) electrons. The van der Waals surface area contributed by atoms with Gasteiger partial charge in [-0.3, -0.25) is 4.57 Å². The third-order valence-corrected chi connectivity index (χ3v) is 2.93. The SMILES string of the molecule is CC(C)CN(c1n[nH]c(=S)n1C(C)C)C(C)C. The van der Waals surface area contributed by atoms with Crippen LogP contribution in [-0.2, 0) is 0 Å². The van der Waals surface area contributed by atoms with Crippen LogP contribution in [0.3, 0.4) is 0 Å². The molecule has 1 heterocycles. The van der Waals surface area contributed by atoms with Crippen LogP contribution >= 0.6 is 12.2 Å². The number of rotatable bonds is 5. The minimum Gasteiger partial charge on any atom is -0.338 e. The molecule has 4 nitrogen and oxygen atoms in total. The normalized spacial score (nSPS) is 11.8. The summed E-state index contributed by atoms with van der Waals surface area (Å²) in [7, 11) is 0. The van der Waals surface area contributed by atoms with Crippen LogP contribution in [0.15, 0.2) is 0 Å². The van der Waals surface area contributed by atoms with Gasteiger partial charge >= 0.3 is 0 Å². The second-order valence-corrected chi connectivity index (χ2v) is 5.82. The fourth-order valence-electron chi connectivity index (χ4n) is 1.88. The molecule has 0 unspecified atom stereocenters. The molecule has 98 valence electrons. The standard InChI is InChI=1S/C12H24N4S/c1-8(2)7-15(9(3)4)11-13-14-12(17)16(11)10(5)6/h8-10H,7H2,1-6H3,(H,14,17). The number of anilines is 1. The van der Waals surface area contributed by atoms with Crippen molar-refractivity contribution in [1.82, 2.24) is 14.8 Å². The van der Waals surface area contributed by atoms with E-state index in [9.17, 15) is 0 Å². The van der Waals surface area contributed by atoms with E-state index in [4.69, 9.17) is 12.2 Å². The quantitative estimate of drug-likeness (QED) is 0.820. The lowest BCUT2D eigenvalue weighted by atomic mass is 10.2. The van der Waals surface area contributed by atoms with E-state index in [1.807, 2.05) is 0 Å². The Bertz CT molecular complexity index is 403. The molecule has 0 aliphatic carbocycles. The van der Waals surface area contributed by atoms with Crippen LogP contribution in [0.4, 0.5) is 5.95 Å². The zero-order valence-electron chi connectivity index (χ0n) is 11.7. The number of nitrogens with one attached hydrogen (secondary N) is 1. The highest BCUT2D eigenvalue weighted by molar-refractivity contribution is 7.71. The Morgan fingerprint density at radius 2 is 1.82 bits per heavy atom. The maximum Gasteiger partial charge on any atom is 0.226 e. The summed E-state index contributed by atoms with van der Waals surface area (Å²) in [5.74, 6) is 1.55. The highest BCUT2D eigenvalue weighted by atomic mass is 32.1. The molecular weight excluding hydrogens is 232 g/mol. The van der Waals surface area contributed by atoms with Gasteiger partial charge in [-0.15, -0.1) is 5.10 Å². The maximum atomic E-state index is 5.29. The average molecular weight is 256 g/mol. The molecule has 1 aromatic rings. The van der Waals surface area contributed by atoms with Gasteiger partial charge in [0.25, 0.3) is 0 Å². The Hall–Kier alpha value is -0.840. The van der Waals surface area contributed by atoms with Crippen molar-refractivity contribution in [2.24, 2.45) is 5.92 Å². The van der Waals surface area contributed by atoms with E-state index in [1.165, 1.54) is 0 Å². The molecule has 0 spiro atoms. The average Bonchev–Trinajstić information content (AvgIpc) is 2.55. The molecule has 0 bridgehead atoms. The Morgan fingerprint density at radius 1 is 1.24 bits per heavy atom. The Kier molecular flexibility index (Phi) is 4.74. The van der Waals surface area contributed by atoms with Crippen molar-refractivity contribution in [2.45, 2.75) is 53.6 Å². The van der Waals surface area contributed by atoms with Gasteiger partial charge in [0, 0.05) is 18.6 Å². The van der Waals surface area contributed by atoms with Crippen molar-refractivity contribution in [3.8, 4) is 0 Å². The van der Waals surface area contributed by atoms with Crippen LogP contribution in [0, 0.1) is 10.7 Å². The molecule has 17 heavy (non-hydrogen) atoms. The van der Waals surface area contributed by atoms with E-state index in [-0.39, 0.29) is 0 Å². The minimum absolute atomic E-state index is 0.324. The largest absolute Gasteiger partial charge is 0.338 e. The molecule has 0 fully saturated rings. The molecule has 0 aliphatic heterocycles. The lowest BCUT2D eigenvalue weighted by molar-refractivity contribution is 0.523. The van der Waals surface area contributed by atoms with Gasteiger partial charge in [-0.2, -0.15) is 0 Å². The van der Waals surface area contributed by atoms with Crippen LogP contribution in [0.5, 0.6) is 0 Å². The number of nitrogens with zero attached hydrogens (tertiary/aromatic N) is 3. The van der Waals surface area contributed by atoms with E-state index in [0.29, 0.717) is 22.8 Å². The summed E-state index contributed by atoms with van der Waals surface area (Å²) in [5, 5.41) is 7.28. The minimum atomic E-state index is 0.324. The van der Waals surface area contributed by atoms with E-state index in [1.54, 1.807) is 0 Å². The lowest BCUT2D eigenvalue weighted by Gasteiger charge is -2.30. The zero-order chi connectivity index (χ0) is 13.2. The van der Waals surface area contributed by atoms with Gasteiger partial charge < -0.3 is 4.90 Å². The molecule has 1 rings (SSSR count). The van der Waals surface area contributed by atoms with Crippen molar-refractivity contribution in [3.05, 3.63) is 4.77 Å². The van der Waals surface area contributed by atoms with Crippen molar-refractivity contribution < 1.29 is 0 Å².